The molecule has 1 aromatic carbocycles. The van der Waals surface area contributed by atoms with Crippen LogP contribution in [0.3, 0.4) is 0 Å². The lowest BCUT2D eigenvalue weighted by atomic mass is 10.0. The van der Waals surface area contributed by atoms with Crippen LogP contribution in [0, 0.1) is 0 Å². The van der Waals surface area contributed by atoms with Crippen LogP contribution in [-0.2, 0) is 0 Å². The summed E-state index contributed by atoms with van der Waals surface area (Å²) in [6.45, 7) is 4.24. The Balaban J connectivity index is 2.50. The molecule has 1 aromatic heterocycles. The normalized spacial score (nSPS) is 10.8. The van der Waals surface area contributed by atoms with Crippen molar-refractivity contribution in [3.8, 4) is 11.1 Å². The summed E-state index contributed by atoms with van der Waals surface area (Å²) >= 11 is 6.03. The molecule has 0 aliphatic heterocycles. The topological polar surface area (TPSA) is 12.9 Å². The van der Waals surface area contributed by atoms with E-state index < -0.39 is 0 Å². The zero-order chi connectivity index (χ0) is 11.5. The first kappa shape index (κ1) is 11.2. The number of benzene rings is 1. The molecule has 1 nitrogen and oxygen atoms in total. The summed E-state index contributed by atoms with van der Waals surface area (Å²) in [6, 6.07) is 14.2. The zero-order valence-corrected chi connectivity index (χ0v) is 10.2. The summed E-state index contributed by atoms with van der Waals surface area (Å²) in [6.07, 6.45) is 0. The Labute approximate surface area is 101 Å². The first-order valence-corrected chi connectivity index (χ1v) is 5.77. The molecule has 0 unspecified atom stereocenters. The van der Waals surface area contributed by atoms with Crippen LogP contribution in [0.2, 0.25) is 5.15 Å². The third-order valence-corrected chi connectivity index (χ3v) is 2.71. The van der Waals surface area contributed by atoms with Crippen molar-refractivity contribution in [3.05, 3.63) is 53.3 Å². The van der Waals surface area contributed by atoms with E-state index in [2.05, 4.69) is 37.0 Å². The second kappa shape index (κ2) is 4.67. The quantitative estimate of drug-likeness (QED) is 0.693. The minimum absolute atomic E-state index is 0.390. The van der Waals surface area contributed by atoms with Gasteiger partial charge in [0.15, 0.2) is 0 Å². The van der Waals surface area contributed by atoms with Gasteiger partial charge < -0.3 is 0 Å². The number of halogens is 1. The van der Waals surface area contributed by atoms with Crippen LogP contribution < -0.4 is 0 Å². The van der Waals surface area contributed by atoms with Gasteiger partial charge in [-0.25, -0.2) is 4.98 Å². The molecule has 0 amide bonds. The maximum absolute atomic E-state index is 6.03. The average molecular weight is 232 g/mol. The third-order valence-electron chi connectivity index (χ3n) is 2.51. The Morgan fingerprint density at radius 3 is 2.31 bits per heavy atom. The largest absolute Gasteiger partial charge is 0.241 e. The molecule has 1 heterocycles. The molecular weight excluding hydrogens is 218 g/mol. The molecule has 0 fully saturated rings. The summed E-state index contributed by atoms with van der Waals surface area (Å²) in [7, 11) is 0. The van der Waals surface area contributed by atoms with Gasteiger partial charge >= 0.3 is 0 Å². The van der Waals surface area contributed by atoms with Gasteiger partial charge in [0.1, 0.15) is 5.15 Å². The van der Waals surface area contributed by atoms with Crippen LogP contribution in [0.1, 0.15) is 25.5 Å². The monoisotopic (exact) mass is 231 g/mol. The Bertz CT molecular complexity index is 477. The maximum Gasteiger partial charge on any atom is 0.129 e. The molecule has 82 valence electrons. The van der Waals surface area contributed by atoms with Crippen molar-refractivity contribution in [1.29, 1.82) is 0 Å². The molecule has 0 atom stereocenters. The highest BCUT2D eigenvalue weighted by atomic mass is 35.5. The van der Waals surface area contributed by atoms with Crippen molar-refractivity contribution in [3.63, 3.8) is 0 Å². The predicted octanol–water partition coefficient (Wildman–Crippen LogP) is 4.53. The number of hydrogen-bond acceptors (Lipinski definition) is 1. The van der Waals surface area contributed by atoms with E-state index in [4.69, 9.17) is 11.6 Å². The fourth-order valence-electron chi connectivity index (χ4n) is 1.61. The molecule has 2 heteroatoms. The van der Waals surface area contributed by atoms with E-state index in [9.17, 15) is 0 Å². The highest BCUT2D eigenvalue weighted by molar-refractivity contribution is 6.29. The SMILES string of the molecule is CC(C)c1cc(-c2ccccc2)cc(Cl)n1. The van der Waals surface area contributed by atoms with Crippen molar-refractivity contribution in [2.75, 3.05) is 0 Å². The number of aromatic nitrogens is 1. The number of pyridine rings is 1. The molecular formula is C14H14ClN. The lowest BCUT2D eigenvalue weighted by molar-refractivity contribution is 0.823. The maximum atomic E-state index is 6.03. The molecule has 16 heavy (non-hydrogen) atoms. The Hall–Kier alpha value is -1.34. The van der Waals surface area contributed by atoms with E-state index in [1.54, 1.807) is 0 Å². The van der Waals surface area contributed by atoms with Crippen LogP contribution >= 0.6 is 11.6 Å². The fourth-order valence-corrected chi connectivity index (χ4v) is 1.83. The van der Waals surface area contributed by atoms with Gasteiger partial charge in [0.25, 0.3) is 0 Å². The Morgan fingerprint density at radius 2 is 1.69 bits per heavy atom. The van der Waals surface area contributed by atoms with E-state index in [1.165, 1.54) is 5.56 Å². The van der Waals surface area contributed by atoms with Crippen molar-refractivity contribution in [2.24, 2.45) is 0 Å². The summed E-state index contributed by atoms with van der Waals surface area (Å²) in [5, 5.41) is 0.560. The second-order valence-electron chi connectivity index (χ2n) is 4.12. The van der Waals surface area contributed by atoms with Crippen LogP contribution in [0.4, 0.5) is 0 Å². The lowest BCUT2D eigenvalue weighted by Crippen LogP contribution is -1.93. The van der Waals surface area contributed by atoms with E-state index >= 15 is 0 Å². The summed E-state index contributed by atoms with van der Waals surface area (Å²) in [4.78, 5) is 4.32. The summed E-state index contributed by atoms with van der Waals surface area (Å²) in [5.41, 5.74) is 3.34. The first-order chi connectivity index (χ1) is 7.66. The molecule has 0 radical (unpaired) electrons. The fraction of sp³-hybridized carbons (Fsp3) is 0.214. The lowest BCUT2D eigenvalue weighted by Gasteiger charge is -2.08. The number of rotatable bonds is 2. The van der Waals surface area contributed by atoms with Gasteiger partial charge in [-0.3, -0.25) is 0 Å². The van der Waals surface area contributed by atoms with E-state index in [1.807, 2.05) is 24.3 Å². The first-order valence-electron chi connectivity index (χ1n) is 5.39. The Kier molecular flexibility index (Phi) is 3.25. The van der Waals surface area contributed by atoms with Crippen molar-refractivity contribution < 1.29 is 0 Å². The third kappa shape index (κ3) is 2.42. The zero-order valence-electron chi connectivity index (χ0n) is 9.44. The van der Waals surface area contributed by atoms with Gasteiger partial charge in [0.05, 0.1) is 0 Å². The molecule has 0 N–H and O–H groups in total. The van der Waals surface area contributed by atoms with Crippen molar-refractivity contribution in [1.82, 2.24) is 4.98 Å². The van der Waals surface area contributed by atoms with Crippen molar-refractivity contribution >= 4 is 11.6 Å². The smallest absolute Gasteiger partial charge is 0.129 e. The van der Waals surface area contributed by atoms with Gasteiger partial charge in [0, 0.05) is 5.69 Å². The summed E-state index contributed by atoms with van der Waals surface area (Å²) in [5.74, 6) is 0.390. The van der Waals surface area contributed by atoms with E-state index in [0.29, 0.717) is 11.1 Å². The molecule has 0 bridgehead atoms. The van der Waals surface area contributed by atoms with Crippen LogP contribution in [0.25, 0.3) is 11.1 Å². The highest BCUT2D eigenvalue weighted by Crippen LogP contribution is 2.25. The predicted molar refractivity (Wildman–Crippen MR) is 68.8 cm³/mol. The molecule has 2 aromatic rings. The van der Waals surface area contributed by atoms with Gasteiger partial charge in [0.2, 0.25) is 0 Å². The minimum atomic E-state index is 0.390. The van der Waals surface area contributed by atoms with E-state index in [-0.39, 0.29) is 0 Å². The van der Waals surface area contributed by atoms with Gasteiger partial charge in [-0.15, -0.1) is 0 Å². The Morgan fingerprint density at radius 1 is 1.00 bits per heavy atom. The molecule has 0 aliphatic carbocycles. The molecule has 0 spiro atoms. The average Bonchev–Trinajstić information content (AvgIpc) is 2.29. The van der Waals surface area contributed by atoms with Crippen LogP contribution in [-0.4, -0.2) is 4.98 Å². The minimum Gasteiger partial charge on any atom is -0.241 e. The molecule has 0 aliphatic rings. The number of hydrogen-bond donors (Lipinski definition) is 0. The van der Waals surface area contributed by atoms with Crippen LogP contribution in [0.5, 0.6) is 0 Å². The molecule has 0 saturated heterocycles. The van der Waals surface area contributed by atoms with Crippen LogP contribution in [0.15, 0.2) is 42.5 Å². The second-order valence-corrected chi connectivity index (χ2v) is 4.51. The molecule has 0 saturated carbocycles. The number of nitrogens with zero attached hydrogens (tertiary/aromatic N) is 1. The summed E-state index contributed by atoms with van der Waals surface area (Å²) < 4.78 is 0. The highest BCUT2D eigenvalue weighted by Gasteiger charge is 2.06. The van der Waals surface area contributed by atoms with Gasteiger partial charge in [-0.1, -0.05) is 55.8 Å². The van der Waals surface area contributed by atoms with Gasteiger partial charge in [-0.05, 0) is 29.2 Å². The standard InChI is InChI=1S/C14H14ClN/c1-10(2)13-8-12(9-14(15)16-13)11-6-4-3-5-7-11/h3-10H,1-2H3. The van der Waals surface area contributed by atoms with E-state index in [0.717, 1.165) is 11.3 Å². The molecule has 2 rings (SSSR count). The van der Waals surface area contributed by atoms with Crippen molar-refractivity contribution in [2.45, 2.75) is 19.8 Å². The van der Waals surface area contributed by atoms with Gasteiger partial charge in [-0.2, -0.15) is 0 Å².